The average molecular weight is 615 g/mol. The number of carbonyl (C=O) groups excluding carboxylic acids is 2. The summed E-state index contributed by atoms with van der Waals surface area (Å²) >= 11 is 3.42. The molecule has 208 valence electrons. The van der Waals surface area contributed by atoms with Gasteiger partial charge < -0.3 is 10.2 Å². The van der Waals surface area contributed by atoms with Gasteiger partial charge in [0.25, 0.3) is 10.0 Å². The smallest absolute Gasteiger partial charge is 0.264 e. The van der Waals surface area contributed by atoms with Crippen LogP contribution in [0.25, 0.3) is 0 Å². The van der Waals surface area contributed by atoms with Crippen LogP contribution < -0.4 is 9.62 Å². The minimum absolute atomic E-state index is 0.0926. The summed E-state index contributed by atoms with van der Waals surface area (Å²) in [7, 11) is -4.10. The van der Waals surface area contributed by atoms with Crippen LogP contribution in [0.5, 0.6) is 0 Å². The second kappa shape index (κ2) is 13.3. The first kappa shape index (κ1) is 30.4. The Bertz CT molecular complexity index is 1410. The summed E-state index contributed by atoms with van der Waals surface area (Å²) in [4.78, 5) is 28.5. The maximum atomic E-state index is 14.0. The summed E-state index contributed by atoms with van der Waals surface area (Å²) in [6.07, 6.45) is 0.758. The Kier molecular flexibility index (Phi) is 10.3. The molecule has 3 aromatic rings. The number of benzene rings is 3. The van der Waals surface area contributed by atoms with Gasteiger partial charge in [-0.1, -0.05) is 64.8 Å². The lowest BCUT2D eigenvalue weighted by atomic mass is 10.1. The maximum Gasteiger partial charge on any atom is 0.264 e. The summed E-state index contributed by atoms with van der Waals surface area (Å²) in [5.74, 6) is -0.768. The van der Waals surface area contributed by atoms with E-state index in [-0.39, 0.29) is 17.3 Å². The number of anilines is 1. The molecule has 9 heteroatoms. The molecule has 0 saturated heterocycles. The van der Waals surface area contributed by atoms with E-state index in [2.05, 4.69) is 21.2 Å². The number of rotatable bonds is 11. The van der Waals surface area contributed by atoms with E-state index in [1.807, 2.05) is 64.1 Å². The molecule has 39 heavy (non-hydrogen) atoms. The monoisotopic (exact) mass is 613 g/mol. The van der Waals surface area contributed by atoms with Gasteiger partial charge in [-0.05, 0) is 81.1 Å². The number of hydrogen-bond acceptors (Lipinski definition) is 4. The van der Waals surface area contributed by atoms with Crippen molar-refractivity contribution >= 4 is 43.5 Å². The first-order valence-corrected chi connectivity index (χ1v) is 15.2. The fourth-order valence-electron chi connectivity index (χ4n) is 4.10. The number of nitrogens with zero attached hydrogens (tertiary/aromatic N) is 2. The number of hydrogen-bond donors (Lipinski definition) is 1. The fourth-order valence-corrected chi connectivity index (χ4v) is 5.84. The number of halogens is 1. The lowest BCUT2D eigenvalue weighted by Crippen LogP contribution is -2.51. The lowest BCUT2D eigenvalue weighted by Gasteiger charge is -2.32. The molecule has 0 radical (unpaired) electrons. The zero-order chi connectivity index (χ0) is 28.7. The van der Waals surface area contributed by atoms with Crippen molar-refractivity contribution in [2.75, 3.05) is 17.4 Å². The van der Waals surface area contributed by atoms with Crippen molar-refractivity contribution in [3.63, 3.8) is 0 Å². The highest BCUT2D eigenvalue weighted by Crippen LogP contribution is 2.29. The molecule has 1 N–H and O–H groups in total. The summed E-state index contributed by atoms with van der Waals surface area (Å²) < 4.78 is 30.0. The maximum absolute atomic E-state index is 14.0. The number of carbonyl (C=O) groups is 2. The third-order valence-corrected chi connectivity index (χ3v) is 8.81. The fraction of sp³-hybridized carbons (Fsp3) is 0.333. The minimum atomic E-state index is -4.10. The third-order valence-electron chi connectivity index (χ3n) is 6.50. The molecule has 0 aromatic heterocycles. The molecule has 2 amide bonds. The molecule has 0 spiro atoms. The molecule has 0 heterocycles. The number of nitrogens with one attached hydrogen (secondary N) is 1. The van der Waals surface area contributed by atoms with E-state index in [4.69, 9.17) is 0 Å². The molecule has 3 aromatic carbocycles. The lowest BCUT2D eigenvalue weighted by molar-refractivity contribution is -0.139. The molecular weight excluding hydrogens is 578 g/mol. The molecule has 0 aliphatic rings. The minimum Gasteiger partial charge on any atom is -0.354 e. The van der Waals surface area contributed by atoms with Crippen LogP contribution in [-0.2, 0) is 26.2 Å². The number of sulfonamides is 1. The highest BCUT2D eigenvalue weighted by atomic mass is 79.9. The van der Waals surface area contributed by atoms with Crippen LogP contribution >= 0.6 is 15.9 Å². The summed E-state index contributed by atoms with van der Waals surface area (Å²) in [5, 5.41) is 2.85. The van der Waals surface area contributed by atoms with E-state index in [1.165, 1.54) is 4.90 Å². The van der Waals surface area contributed by atoms with Crippen molar-refractivity contribution in [1.29, 1.82) is 0 Å². The summed E-state index contributed by atoms with van der Waals surface area (Å²) in [5.41, 5.74) is 3.76. The average Bonchev–Trinajstić information content (AvgIpc) is 2.91. The molecule has 0 unspecified atom stereocenters. The Balaban J connectivity index is 2.05. The molecule has 7 nitrogen and oxygen atoms in total. The molecule has 1 atom stereocenters. The Morgan fingerprint density at radius 1 is 0.923 bits per heavy atom. The second-order valence-electron chi connectivity index (χ2n) is 9.73. The van der Waals surface area contributed by atoms with Gasteiger partial charge in [0.2, 0.25) is 11.8 Å². The van der Waals surface area contributed by atoms with E-state index in [9.17, 15) is 18.0 Å². The van der Waals surface area contributed by atoms with Crippen LogP contribution in [0.4, 0.5) is 5.69 Å². The summed E-state index contributed by atoms with van der Waals surface area (Å²) in [6.45, 7) is 9.37. The molecule has 3 rings (SSSR count). The highest BCUT2D eigenvalue weighted by molar-refractivity contribution is 9.10. The van der Waals surface area contributed by atoms with Crippen LogP contribution in [0, 0.1) is 20.8 Å². The molecule has 0 aliphatic heterocycles. The van der Waals surface area contributed by atoms with Gasteiger partial charge in [0, 0.05) is 17.6 Å². The Morgan fingerprint density at radius 2 is 1.54 bits per heavy atom. The quantitative estimate of drug-likeness (QED) is 0.309. The van der Waals surface area contributed by atoms with Gasteiger partial charge >= 0.3 is 0 Å². The summed E-state index contributed by atoms with van der Waals surface area (Å²) in [6, 6.07) is 18.7. The van der Waals surface area contributed by atoms with Gasteiger partial charge in [-0.25, -0.2) is 8.42 Å². The molecule has 0 aliphatic carbocycles. The van der Waals surface area contributed by atoms with Crippen molar-refractivity contribution in [2.45, 2.75) is 58.5 Å². The van der Waals surface area contributed by atoms with Gasteiger partial charge in [0.15, 0.2) is 0 Å². The second-order valence-corrected chi connectivity index (χ2v) is 12.5. The molecule has 0 bridgehead atoms. The van der Waals surface area contributed by atoms with E-state index in [1.54, 1.807) is 37.3 Å². The zero-order valence-electron chi connectivity index (χ0n) is 23.1. The van der Waals surface area contributed by atoms with E-state index in [0.717, 1.165) is 37.5 Å². The Morgan fingerprint density at radius 3 is 2.15 bits per heavy atom. The van der Waals surface area contributed by atoms with Crippen molar-refractivity contribution in [3.8, 4) is 0 Å². The van der Waals surface area contributed by atoms with Gasteiger partial charge in [0.05, 0.1) is 10.6 Å². The molecule has 0 saturated carbocycles. The number of aryl methyl sites for hydroxylation is 3. The van der Waals surface area contributed by atoms with E-state index >= 15 is 0 Å². The van der Waals surface area contributed by atoms with Crippen molar-refractivity contribution in [2.24, 2.45) is 0 Å². The van der Waals surface area contributed by atoms with Gasteiger partial charge in [0.1, 0.15) is 12.6 Å². The largest absolute Gasteiger partial charge is 0.354 e. The standard InChI is InChI=1S/C30H36BrN3O4S/c1-6-17-32-30(36)24(5)33(19-25-11-13-26(31)14-12-25)29(35)20-34(28-18-22(3)7-10-23(28)4)39(37,38)27-15-8-21(2)9-16-27/h7-16,18,24H,6,17,19-20H2,1-5H3,(H,32,36)/t24-/m0/s1. The molecule has 0 fully saturated rings. The van der Waals surface area contributed by atoms with Gasteiger partial charge in [-0.3, -0.25) is 13.9 Å². The topological polar surface area (TPSA) is 86.8 Å². The predicted octanol–water partition coefficient (Wildman–Crippen LogP) is 5.51. The van der Waals surface area contributed by atoms with Crippen LogP contribution in [0.15, 0.2) is 76.1 Å². The molecular formula is C30H36BrN3O4S. The normalized spacial score (nSPS) is 12.1. The Hall–Kier alpha value is -3.17. The SMILES string of the molecule is CCCNC(=O)[C@H](C)N(Cc1ccc(Br)cc1)C(=O)CN(c1cc(C)ccc1C)S(=O)(=O)c1ccc(C)cc1. The first-order chi connectivity index (χ1) is 18.4. The van der Waals surface area contributed by atoms with Crippen molar-refractivity contribution in [1.82, 2.24) is 10.2 Å². The van der Waals surface area contributed by atoms with Crippen LogP contribution in [-0.4, -0.2) is 44.3 Å². The van der Waals surface area contributed by atoms with Crippen LogP contribution in [0.2, 0.25) is 0 Å². The van der Waals surface area contributed by atoms with Gasteiger partial charge in [-0.2, -0.15) is 0 Å². The third kappa shape index (κ3) is 7.70. The van der Waals surface area contributed by atoms with Crippen molar-refractivity contribution < 1.29 is 18.0 Å². The van der Waals surface area contributed by atoms with Crippen molar-refractivity contribution in [3.05, 3.63) is 93.5 Å². The Labute approximate surface area is 240 Å². The zero-order valence-corrected chi connectivity index (χ0v) is 25.5. The number of amides is 2. The van der Waals surface area contributed by atoms with Gasteiger partial charge in [-0.15, -0.1) is 0 Å². The van der Waals surface area contributed by atoms with E-state index in [0.29, 0.717) is 12.2 Å². The highest BCUT2D eigenvalue weighted by Gasteiger charge is 2.33. The predicted molar refractivity (Wildman–Crippen MR) is 159 cm³/mol. The first-order valence-electron chi connectivity index (χ1n) is 12.9. The van der Waals surface area contributed by atoms with Crippen LogP contribution in [0.3, 0.4) is 0 Å². The van der Waals surface area contributed by atoms with E-state index < -0.39 is 28.5 Å². The van der Waals surface area contributed by atoms with Crippen LogP contribution in [0.1, 0.15) is 42.5 Å².